The molecule has 1 aromatic heterocycles. The molecule has 0 aliphatic carbocycles. The van der Waals surface area contributed by atoms with Crippen LogP contribution < -0.4 is 20.7 Å². The summed E-state index contributed by atoms with van der Waals surface area (Å²) in [5, 5.41) is 10.1. The van der Waals surface area contributed by atoms with Crippen LogP contribution in [0, 0.1) is 0 Å². The maximum Gasteiger partial charge on any atom is 0.333 e. The highest BCUT2D eigenvalue weighted by atomic mass is 16.5. The van der Waals surface area contributed by atoms with E-state index in [0.717, 1.165) is 33.3 Å². The molecule has 1 heterocycles. The monoisotopic (exact) mass is 396 g/mol. The number of nitrogens with zero attached hydrogens (tertiary/aromatic N) is 2. The lowest BCUT2D eigenvalue weighted by molar-refractivity contribution is 0.388. The second kappa shape index (κ2) is 9.14. The van der Waals surface area contributed by atoms with Gasteiger partial charge in [0.1, 0.15) is 11.5 Å². The molecule has 1 N–H and O–H groups in total. The summed E-state index contributed by atoms with van der Waals surface area (Å²) in [6.07, 6.45) is 1.05. The Morgan fingerprint density at radius 3 is 1.66 bits per heavy atom. The zero-order valence-corrected chi connectivity index (χ0v) is 16.5. The van der Waals surface area contributed by atoms with Crippen LogP contribution in [-0.2, 0) is 25.9 Å². The van der Waals surface area contributed by atoms with Gasteiger partial charge in [-0.1, -0.05) is 24.3 Å². The first-order valence-electron chi connectivity index (χ1n) is 9.31. The third-order valence-electron chi connectivity index (χ3n) is 4.82. The maximum atomic E-state index is 12.8. The van der Waals surface area contributed by atoms with Crippen LogP contribution in [0.5, 0.6) is 17.4 Å². The molecule has 7 nitrogen and oxygen atoms in total. The second-order valence-electron chi connectivity index (χ2n) is 6.62. The van der Waals surface area contributed by atoms with Gasteiger partial charge in [-0.25, -0.2) is 4.79 Å². The van der Waals surface area contributed by atoms with Crippen LogP contribution in [0.1, 0.15) is 11.1 Å². The van der Waals surface area contributed by atoms with E-state index >= 15 is 0 Å². The Balaban J connectivity index is 1.75. The molecule has 3 rings (SSSR count). The molecule has 0 unspecified atom stereocenters. The van der Waals surface area contributed by atoms with Crippen molar-refractivity contribution in [3.8, 4) is 17.4 Å². The first kappa shape index (κ1) is 20.3. The molecular formula is C22H24N2O5. The fourth-order valence-corrected chi connectivity index (χ4v) is 3.09. The Labute approximate surface area is 168 Å². The van der Waals surface area contributed by atoms with Gasteiger partial charge in [-0.3, -0.25) is 13.9 Å². The van der Waals surface area contributed by atoms with E-state index in [9.17, 15) is 14.7 Å². The first-order chi connectivity index (χ1) is 14.0. The van der Waals surface area contributed by atoms with Crippen LogP contribution in [-0.4, -0.2) is 28.5 Å². The molecule has 0 bridgehead atoms. The van der Waals surface area contributed by atoms with Gasteiger partial charge < -0.3 is 14.6 Å². The Kier molecular flexibility index (Phi) is 6.39. The van der Waals surface area contributed by atoms with Crippen LogP contribution in [0.2, 0.25) is 0 Å². The maximum absolute atomic E-state index is 12.8. The molecule has 0 amide bonds. The SMILES string of the molecule is COc1ccc(CCn2c(O)cc(=O)n(CCc3ccc(OC)cc3)c2=O)cc1. The molecular weight excluding hydrogens is 372 g/mol. The molecule has 0 spiro atoms. The van der Waals surface area contributed by atoms with Gasteiger partial charge in [0.05, 0.1) is 20.3 Å². The average molecular weight is 396 g/mol. The van der Waals surface area contributed by atoms with Crippen molar-refractivity contribution >= 4 is 0 Å². The Bertz CT molecular complexity index is 1070. The van der Waals surface area contributed by atoms with Crippen molar-refractivity contribution in [2.45, 2.75) is 25.9 Å². The van der Waals surface area contributed by atoms with Gasteiger partial charge >= 0.3 is 5.69 Å². The number of hydrogen-bond acceptors (Lipinski definition) is 5. The lowest BCUT2D eigenvalue weighted by Gasteiger charge is -2.12. The summed E-state index contributed by atoms with van der Waals surface area (Å²) >= 11 is 0. The average Bonchev–Trinajstić information content (AvgIpc) is 2.74. The van der Waals surface area contributed by atoms with E-state index in [2.05, 4.69) is 0 Å². The number of ether oxygens (including phenoxy) is 2. The van der Waals surface area contributed by atoms with E-state index in [-0.39, 0.29) is 19.0 Å². The van der Waals surface area contributed by atoms with E-state index in [0.29, 0.717) is 12.8 Å². The lowest BCUT2D eigenvalue weighted by Crippen LogP contribution is -2.40. The van der Waals surface area contributed by atoms with E-state index < -0.39 is 11.2 Å². The Hall–Kier alpha value is -3.48. The molecule has 2 aromatic carbocycles. The summed E-state index contributed by atoms with van der Waals surface area (Å²) in [7, 11) is 3.20. The molecule has 152 valence electrons. The largest absolute Gasteiger partial charge is 0.497 e. The van der Waals surface area contributed by atoms with Crippen LogP contribution in [0.25, 0.3) is 0 Å². The summed E-state index contributed by atoms with van der Waals surface area (Å²) < 4.78 is 12.6. The fourth-order valence-electron chi connectivity index (χ4n) is 3.09. The minimum absolute atomic E-state index is 0.229. The van der Waals surface area contributed by atoms with Crippen LogP contribution in [0.3, 0.4) is 0 Å². The number of aromatic nitrogens is 2. The predicted molar refractivity (Wildman–Crippen MR) is 110 cm³/mol. The minimum Gasteiger partial charge on any atom is -0.497 e. The molecule has 29 heavy (non-hydrogen) atoms. The van der Waals surface area contributed by atoms with E-state index in [1.54, 1.807) is 14.2 Å². The zero-order chi connectivity index (χ0) is 20.8. The van der Waals surface area contributed by atoms with Crippen LogP contribution in [0.4, 0.5) is 0 Å². The minimum atomic E-state index is -0.517. The summed E-state index contributed by atoms with van der Waals surface area (Å²) in [6.45, 7) is 0.493. The Morgan fingerprint density at radius 2 is 1.21 bits per heavy atom. The van der Waals surface area contributed by atoms with Gasteiger partial charge in [-0.15, -0.1) is 0 Å². The quantitative estimate of drug-likeness (QED) is 0.631. The molecule has 0 saturated heterocycles. The standard InChI is InChI=1S/C22H24N2O5/c1-28-18-7-3-16(4-8-18)11-13-23-20(25)15-21(26)24(22(23)27)14-12-17-5-9-19(29-2)10-6-17/h3-10,15,25H,11-14H2,1-2H3. The number of aryl methyl sites for hydroxylation is 2. The highest BCUT2D eigenvalue weighted by Gasteiger charge is 2.11. The summed E-state index contributed by atoms with van der Waals surface area (Å²) in [6, 6.07) is 16.0. The second-order valence-corrected chi connectivity index (χ2v) is 6.62. The molecule has 0 radical (unpaired) electrons. The zero-order valence-electron chi connectivity index (χ0n) is 16.5. The first-order valence-corrected chi connectivity index (χ1v) is 9.31. The molecule has 0 fully saturated rings. The Morgan fingerprint density at radius 1 is 0.759 bits per heavy atom. The predicted octanol–water partition coefficient (Wildman–Crippen LogP) is 2.22. The van der Waals surface area contributed by atoms with Gasteiger partial charge in [0.25, 0.3) is 5.56 Å². The van der Waals surface area contributed by atoms with Crippen molar-refractivity contribution in [3.63, 3.8) is 0 Å². The third kappa shape index (κ3) is 4.87. The summed E-state index contributed by atoms with van der Waals surface area (Å²) in [5.74, 6) is 1.17. The smallest absolute Gasteiger partial charge is 0.333 e. The number of benzene rings is 2. The van der Waals surface area contributed by atoms with E-state index in [1.807, 2.05) is 48.5 Å². The van der Waals surface area contributed by atoms with Gasteiger partial charge in [0.2, 0.25) is 5.88 Å². The normalized spacial score (nSPS) is 10.7. The van der Waals surface area contributed by atoms with Crippen molar-refractivity contribution in [2.24, 2.45) is 0 Å². The molecule has 3 aromatic rings. The fraction of sp³-hybridized carbons (Fsp3) is 0.273. The number of rotatable bonds is 8. The molecule has 0 aliphatic rings. The van der Waals surface area contributed by atoms with Gasteiger partial charge in [-0.05, 0) is 48.2 Å². The van der Waals surface area contributed by atoms with Crippen molar-refractivity contribution in [1.29, 1.82) is 0 Å². The van der Waals surface area contributed by atoms with Crippen LogP contribution >= 0.6 is 0 Å². The topological polar surface area (TPSA) is 82.7 Å². The third-order valence-corrected chi connectivity index (χ3v) is 4.82. The van der Waals surface area contributed by atoms with Gasteiger partial charge in [0, 0.05) is 13.1 Å². The van der Waals surface area contributed by atoms with Crippen molar-refractivity contribution in [2.75, 3.05) is 14.2 Å². The number of hydrogen-bond donors (Lipinski definition) is 1. The van der Waals surface area contributed by atoms with Crippen LogP contribution in [0.15, 0.2) is 64.2 Å². The lowest BCUT2D eigenvalue weighted by atomic mass is 10.1. The molecule has 0 aliphatic heterocycles. The highest BCUT2D eigenvalue weighted by molar-refractivity contribution is 5.28. The van der Waals surface area contributed by atoms with E-state index in [1.165, 1.54) is 4.57 Å². The van der Waals surface area contributed by atoms with Crippen molar-refractivity contribution < 1.29 is 14.6 Å². The van der Waals surface area contributed by atoms with E-state index in [4.69, 9.17) is 9.47 Å². The van der Waals surface area contributed by atoms with Gasteiger partial charge in [0.15, 0.2) is 0 Å². The van der Waals surface area contributed by atoms with Crippen molar-refractivity contribution in [1.82, 2.24) is 9.13 Å². The molecule has 0 saturated carbocycles. The van der Waals surface area contributed by atoms with Gasteiger partial charge in [-0.2, -0.15) is 0 Å². The summed E-state index contributed by atoms with van der Waals surface area (Å²) in [5.41, 5.74) is 0.946. The summed E-state index contributed by atoms with van der Waals surface area (Å²) in [4.78, 5) is 25.0. The number of methoxy groups -OCH3 is 2. The highest BCUT2D eigenvalue weighted by Crippen LogP contribution is 2.14. The molecule has 7 heteroatoms. The number of aromatic hydroxyl groups is 1. The molecule has 0 atom stereocenters. The van der Waals surface area contributed by atoms with Crippen molar-refractivity contribution in [3.05, 3.63) is 86.6 Å².